The van der Waals surface area contributed by atoms with E-state index in [1.54, 1.807) is 12.3 Å². The number of anilines is 1. The maximum atomic E-state index is 5.88. The second-order valence-electron chi connectivity index (χ2n) is 7.34. The van der Waals surface area contributed by atoms with Crippen LogP contribution in [0.1, 0.15) is 36.9 Å². The van der Waals surface area contributed by atoms with Crippen molar-refractivity contribution in [2.45, 2.75) is 32.6 Å². The molecule has 0 atom stereocenters. The summed E-state index contributed by atoms with van der Waals surface area (Å²) in [7, 11) is 0. The van der Waals surface area contributed by atoms with Crippen molar-refractivity contribution in [3.63, 3.8) is 0 Å². The molecule has 3 rings (SSSR count). The first-order valence-electron chi connectivity index (χ1n) is 10.3. The molecule has 1 aromatic heterocycles. The van der Waals surface area contributed by atoms with Gasteiger partial charge in [-0.1, -0.05) is 17.8 Å². The van der Waals surface area contributed by atoms with Gasteiger partial charge in [-0.15, -0.1) is 5.10 Å². The lowest BCUT2D eigenvalue weighted by Gasteiger charge is -2.32. The maximum Gasteiger partial charge on any atom is 0.151 e. The molecule has 29 heavy (non-hydrogen) atoms. The molecule has 2 heterocycles. The summed E-state index contributed by atoms with van der Waals surface area (Å²) in [6.45, 7) is 8.82. The van der Waals surface area contributed by atoms with Crippen LogP contribution in [0.4, 0.5) is 5.82 Å². The van der Waals surface area contributed by atoms with Crippen LogP contribution in [0.5, 0.6) is 5.75 Å². The van der Waals surface area contributed by atoms with Crippen molar-refractivity contribution < 1.29 is 9.57 Å². The predicted octanol–water partition coefficient (Wildman–Crippen LogP) is 4.40. The molecule has 6 heteroatoms. The van der Waals surface area contributed by atoms with Crippen LogP contribution in [0, 0.1) is 12.8 Å². The Morgan fingerprint density at radius 2 is 1.93 bits per heavy atom. The molecule has 0 unspecified atom stereocenters. The zero-order valence-corrected chi connectivity index (χ0v) is 17.2. The second-order valence-corrected chi connectivity index (χ2v) is 7.34. The maximum absolute atomic E-state index is 5.88. The van der Waals surface area contributed by atoms with Crippen LogP contribution in [-0.2, 0) is 4.84 Å². The van der Waals surface area contributed by atoms with Gasteiger partial charge in [-0.25, -0.2) is 0 Å². The quantitative estimate of drug-likeness (QED) is 0.259. The summed E-state index contributed by atoms with van der Waals surface area (Å²) in [5, 5.41) is 12.3. The molecule has 0 N–H and O–H groups in total. The topological polar surface area (TPSA) is 59.8 Å². The molecule has 1 fully saturated rings. The van der Waals surface area contributed by atoms with E-state index >= 15 is 0 Å². The summed E-state index contributed by atoms with van der Waals surface area (Å²) in [6, 6.07) is 12.0. The lowest BCUT2D eigenvalue weighted by Crippen LogP contribution is -2.34. The summed E-state index contributed by atoms with van der Waals surface area (Å²) in [4.78, 5) is 7.34. The fourth-order valence-corrected chi connectivity index (χ4v) is 3.42. The van der Waals surface area contributed by atoms with Gasteiger partial charge in [0.25, 0.3) is 0 Å². The minimum Gasteiger partial charge on any atom is -0.494 e. The average Bonchev–Trinajstić information content (AvgIpc) is 2.76. The highest BCUT2D eigenvalue weighted by atomic mass is 16.6. The van der Waals surface area contributed by atoms with Crippen LogP contribution in [0.2, 0.25) is 0 Å². The van der Waals surface area contributed by atoms with Gasteiger partial charge in [-0.3, -0.25) is 0 Å². The molecule has 2 aromatic rings. The number of oxime groups is 1. The number of hydrogen-bond acceptors (Lipinski definition) is 6. The number of rotatable bonds is 10. The molecular weight excluding hydrogens is 364 g/mol. The number of benzene rings is 1. The molecule has 0 amide bonds. The van der Waals surface area contributed by atoms with Gasteiger partial charge in [-0.2, -0.15) is 5.10 Å². The Morgan fingerprint density at radius 3 is 2.62 bits per heavy atom. The summed E-state index contributed by atoms with van der Waals surface area (Å²) >= 11 is 0. The molecular formula is C23H30N4O2. The second kappa shape index (κ2) is 11.2. The average molecular weight is 395 g/mol. The van der Waals surface area contributed by atoms with Crippen LogP contribution < -0.4 is 9.64 Å². The van der Waals surface area contributed by atoms with Crippen molar-refractivity contribution in [2.24, 2.45) is 11.1 Å². The van der Waals surface area contributed by atoms with E-state index in [0.717, 1.165) is 54.9 Å². The Labute approximate surface area is 173 Å². The number of hydrogen-bond donors (Lipinski definition) is 0. The van der Waals surface area contributed by atoms with Gasteiger partial charge < -0.3 is 14.5 Å². The van der Waals surface area contributed by atoms with Gasteiger partial charge >= 0.3 is 0 Å². The SMILES string of the molecule is C=CCON=Cc1ccc(OCCCC2CCN(c3ccc(C)nn3)CC2)cc1. The zero-order valence-electron chi connectivity index (χ0n) is 17.2. The third-order valence-electron chi connectivity index (χ3n) is 5.10. The van der Waals surface area contributed by atoms with E-state index in [9.17, 15) is 0 Å². The third-order valence-corrected chi connectivity index (χ3v) is 5.10. The Balaban J connectivity index is 1.31. The van der Waals surface area contributed by atoms with Crippen molar-refractivity contribution in [1.82, 2.24) is 10.2 Å². The minimum absolute atomic E-state index is 0.413. The van der Waals surface area contributed by atoms with Crippen molar-refractivity contribution in [3.05, 3.63) is 60.3 Å². The smallest absolute Gasteiger partial charge is 0.151 e. The summed E-state index contributed by atoms with van der Waals surface area (Å²) < 4.78 is 5.88. The summed E-state index contributed by atoms with van der Waals surface area (Å²) in [6.07, 6.45) is 8.04. The molecule has 0 aliphatic carbocycles. The van der Waals surface area contributed by atoms with E-state index in [4.69, 9.17) is 9.57 Å². The van der Waals surface area contributed by atoms with Crippen LogP contribution in [-0.4, -0.2) is 42.7 Å². The molecule has 154 valence electrons. The first-order chi connectivity index (χ1) is 14.2. The lowest BCUT2D eigenvalue weighted by atomic mass is 9.92. The normalized spacial score (nSPS) is 14.9. The molecule has 6 nitrogen and oxygen atoms in total. The van der Waals surface area contributed by atoms with Crippen molar-refractivity contribution >= 4 is 12.0 Å². The molecule has 1 saturated heterocycles. The lowest BCUT2D eigenvalue weighted by molar-refractivity contribution is 0.176. The molecule has 1 aliphatic rings. The molecule has 0 spiro atoms. The van der Waals surface area contributed by atoms with Gasteiger partial charge in [-0.05, 0) is 80.5 Å². The van der Waals surface area contributed by atoms with Gasteiger partial charge in [0.05, 0.1) is 18.5 Å². The van der Waals surface area contributed by atoms with Crippen molar-refractivity contribution in [2.75, 3.05) is 31.2 Å². The Bertz CT molecular complexity index is 766. The van der Waals surface area contributed by atoms with Crippen LogP contribution in [0.15, 0.2) is 54.2 Å². The zero-order chi connectivity index (χ0) is 20.3. The van der Waals surface area contributed by atoms with E-state index in [2.05, 4.69) is 32.9 Å². The predicted molar refractivity (Wildman–Crippen MR) is 117 cm³/mol. The van der Waals surface area contributed by atoms with Crippen LogP contribution in [0.25, 0.3) is 0 Å². The Hall–Kier alpha value is -2.89. The number of nitrogens with zero attached hydrogens (tertiary/aromatic N) is 4. The van der Waals surface area contributed by atoms with Gasteiger partial charge in [0, 0.05) is 13.1 Å². The highest BCUT2D eigenvalue weighted by molar-refractivity contribution is 5.79. The van der Waals surface area contributed by atoms with Gasteiger partial charge in [0.1, 0.15) is 12.4 Å². The number of aromatic nitrogens is 2. The number of aryl methyl sites for hydroxylation is 1. The molecule has 1 aromatic carbocycles. The Kier molecular flexibility index (Phi) is 8.04. The molecule has 1 aliphatic heterocycles. The van der Waals surface area contributed by atoms with E-state index in [0.29, 0.717) is 6.61 Å². The van der Waals surface area contributed by atoms with E-state index in [1.807, 2.05) is 37.3 Å². The fraction of sp³-hybridized carbons (Fsp3) is 0.435. The highest BCUT2D eigenvalue weighted by Gasteiger charge is 2.20. The van der Waals surface area contributed by atoms with E-state index < -0.39 is 0 Å². The van der Waals surface area contributed by atoms with Crippen molar-refractivity contribution in [1.29, 1.82) is 0 Å². The molecule has 0 saturated carbocycles. The minimum atomic E-state index is 0.413. The van der Waals surface area contributed by atoms with Crippen LogP contribution in [0.3, 0.4) is 0 Å². The fourth-order valence-electron chi connectivity index (χ4n) is 3.42. The molecule has 0 bridgehead atoms. The first-order valence-corrected chi connectivity index (χ1v) is 10.3. The van der Waals surface area contributed by atoms with E-state index in [1.165, 1.54) is 19.3 Å². The summed E-state index contributed by atoms with van der Waals surface area (Å²) in [5.74, 6) is 2.66. The first kappa shape index (κ1) is 20.8. The number of ether oxygens (including phenoxy) is 1. The van der Waals surface area contributed by atoms with Gasteiger partial charge in [0.15, 0.2) is 5.82 Å². The monoisotopic (exact) mass is 394 g/mol. The van der Waals surface area contributed by atoms with Crippen LogP contribution >= 0.6 is 0 Å². The third kappa shape index (κ3) is 6.89. The summed E-state index contributed by atoms with van der Waals surface area (Å²) in [5.41, 5.74) is 1.94. The largest absolute Gasteiger partial charge is 0.494 e. The Morgan fingerprint density at radius 1 is 1.14 bits per heavy atom. The molecule has 0 radical (unpaired) electrons. The van der Waals surface area contributed by atoms with Gasteiger partial charge in [0.2, 0.25) is 0 Å². The standard InChI is InChI=1S/C23H30N4O2/c1-3-16-29-24-18-21-7-9-22(10-8-21)28-17-4-5-20-12-14-27(15-13-20)23-11-6-19(2)25-26-23/h3,6-11,18,20H,1,4-5,12-17H2,2H3. The van der Waals surface area contributed by atoms with E-state index in [-0.39, 0.29) is 0 Å². The highest BCUT2D eigenvalue weighted by Crippen LogP contribution is 2.25. The van der Waals surface area contributed by atoms with Crippen molar-refractivity contribution in [3.8, 4) is 5.75 Å². The number of piperidine rings is 1.